The van der Waals surface area contributed by atoms with Crippen LogP contribution in [0.4, 0.5) is 0 Å². The van der Waals surface area contributed by atoms with Crippen molar-refractivity contribution >= 4 is 11.8 Å². The van der Waals surface area contributed by atoms with Gasteiger partial charge in [-0.05, 0) is 36.8 Å². The van der Waals surface area contributed by atoms with Gasteiger partial charge in [-0.3, -0.25) is 0 Å². The number of rotatable bonds is 3. The number of hydrogen-bond donors (Lipinski definition) is 0. The SMILES string of the molecule is CC1CCC(CSc2ccccc2)CC1. The minimum absolute atomic E-state index is 0.964. The van der Waals surface area contributed by atoms with Crippen molar-refractivity contribution in [1.82, 2.24) is 0 Å². The second-order valence-electron chi connectivity index (χ2n) is 4.75. The first kappa shape index (κ1) is 11.1. The molecule has 0 saturated heterocycles. The summed E-state index contributed by atoms with van der Waals surface area (Å²) in [7, 11) is 0. The van der Waals surface area contributed by atoms with Gasteiger partial charge in [0, 0.05) is 10.6 Å². The molecule has 0 unspecified atom stereocenters. The number of hydrogen-bond acceptors (Lipinski definition) is 1. The van der Waals surface area contributed by atoms with Crippen molar-refractivity contribution in [2.45, 2.75) is 37.5 Å². The molecule has 15 heavy (non-hydrogen) atoms. The molecule has 0 aromatic heterocycles. The van der Waals surface area contributed by atoms with E-state index in [4.69, 9.17) is 0 Å². The van der Waals surface area contributed by atoms with Gasteiger partial charge in [0.2, 0.25) is 0 Å². The second kappa shape index (κ2) is 5.60. The van der Waals surface area contributed by atoms with E-state index in [2.05, 4.69) is 37.3 Å². The van der Waals surface area contributed by atoms with Crippen molar-refractivity contribution < 1.29 is 0 Å². The lowest BCUT2D eigenvalue weighted by Gasteiger charge is -2.25. The summed E-state index contributed by atoms with van der Waals surface area (Å²) in [5.41, 5.74) is 0. The average molecular weight is 220 g/mol. The van der Waals surface area contributed by atoms with Crippen molar-refractivity contribution in [1.29, 1.82) is 0 Å². The second-order valence-corrected chi connectivity index (χ2v) is 5.84. The first-order chi connectivity index (χ1) is 7.34. The van der Waals surface area contributed by atoms with Gasteiger partial charge in [-0.1, -0.05) is 38.0 Å². The largest absolute Gasteiger partial charge is 0.126 e. The predicted molar refractivity (Wildman–Crippen MR) is 68.3 cm³/mol. The third-order valence-electron chi connectivity index (χ3n) is 3.36. The van der Waals surface area contributed by atoms with Crippen molar-refractivity contribution in [3.63, 3.8) is 0 Å². The van der Waals surface area contributed by atoms with Crippen molar-refractivity contribution in [2.75, 3.05) is 5.75 Å². The molecule has 1 aliphatic rings. The third kappa shape index (κ3) is 3.57. The Morgan fingerprint density at radius 2 is 1.73 bits per heavy atom. The van der Waals surface area contributed by atoms with E-state index in [0.29, 0.717) is 0 Å². The minimum atomic E-state index is 0.964. The first-order valence-corrected chi connectivity index (χ1v) is 7.01. The van der Waals surface area contributed by atoms with E-state index in [0.717, 1.165) is 11.8 Å². The fraction of sp³-hybridized carbons (Fsp3) is 0.571. The van der Waals surface area contributed by atoms with Gasteiger partial charge >= 0.3 is 0 Å². The Kier molecular flexibility index (Phi) is 4.13. The van der Waals surface area contributed by atoms with Crippen LogP contribution in [0.15, 0.2) is 35.2 Å². The van der Waals surface area contributed by atoms with Crippen LogP contribution in [0.25, 0.3) is 0 Å². The highest BCUT2D eigenvalue weighted by molar-refractivity contribution is 7.99. The molecule has 0 heterocycles. The normalized spacial score (nSPS) is 26.5. The predicted octanol–water partition coefficient (Wildman–Crippen LogP) is 4.61. The summed E-state index contributed by atoms with van der Waals surface area (Å²) < 4.78 is 0. The summed E-state index contributed by atoms with van der Waals surface area (Å²) in [5.74, 6) is 3.26. The molecule has 0 N–H and O–H groups in total. The van der Waals surface area contributed by atoms with Crippen LogP contribution in [0, 0.1) is 11.8 Å². The van der Waals surface area contributed by atoms with E-state index >= 15 is 0 Å². The topological polar surface area (TPSA) is 0 Å². The molecule has 1 fully saturated rings. The van der Waals surface area contributed by atoms with Gasteiger partial charge < -0.3 is 0 Å². The molecule has 0 radical (unpaired) electrons. The van der Waals surface area contributed by atoms with E-state index in [-0.39, 0.29) is 0 Å². The first-order valence-electron chi connectivity index (χ1n) is 6.02. The van der Waals surface area contributed by atoms with Crippen LogP contribution in [-0.4, -0.2) is 5.75 Å². The van der Waals surface area contributed by atoms with Crippen LogP contribution < -0.4 is 0 Å². The Labute approximate surface area is 97.5 Å². The Balaban J connectivity index is 1.74. The van der Waals surface area contributed by atoms with Gasteiger partial charge in [-0.15, -0.1) is 11.8 Å². The maximum absolute atomic E-state index is 2.39. The quantitative estimate of drug-likeness (QED) is 0.671. The van der Waals surface area contributed by atoms with E-state index < -0.39 is 0 Å². The summed E-state index contributed by atoms with van der Waals surface area (Å²) in [6, 6.07) is 10.8. The third-order valence-corrected chi connectivity index (χ3v) is 4.61. The molecular formula is C14H20S. The lowest BCUT2D eigenvalue weighted by molar-refractivity contribution is 0.311. The molecular weight excluding hydrogens is 200 g/mol. The molecule has 0 amide bonds. The molecule has 1 saturated carbocycles. The summed E-state index contributed by atoms with van der Waals surface area (Å²) >= 11 is 2.03. The Morgan fingerprint density at radius 1 is 1.07 bits per heavy atom. The average Bonchev–Trinajstić information content (AvgIpc) is 2.30. The van der Waals surface area contributed by atoms with Crippen molar-refractivity contribution in [3.8, 4) is 0 Å². The minimum Gasteiger partial charge on any atom is -0.126 e. The maximum atomic E-state index is 2.39. The molecule has 82 valence electrons. The van der Waals surface area contributed by atoms with Crippen LogP contribution in [0.1, 0.15) is 32.6 Å². The molecule has 0 aliphatic heterocycles. The highest BCUT2D eigenvalue weighted by Gasteiger charge is 2.17. The lowest BCUT2D eigenvalue weighted by Crippen LogP contribution is -2.13. The zero-order chi connectivity index (χ0) is 10.5. The summed E-state index contributed by atoms with van der Waals surface area (Å²) in [6.45, 7) is 2.39. The maximum Gasteiger partial charge on any atom is 0.00720 e. The number of thioether (sulfide) groups is 1. The summed E-state index contributed by atoms with van der Waals surface area (Å²) in [6.07, 6.45) is 5.78. The van der Waals surface area contributed by atoms with E-state index in [1.54, 1.807) is 0 Å². The Hall–Kier alpha value is -0.430. The van der Waals surface area contributed by atoms with E-state index in [1.165, 1.54) is 36.3 Å². The van der Waals surface area contributed by atoms with Gasteiger partial charge in [0.1, 0.15) is 0 Å². The molecule has 0 atom stereocenters. The monoisotopic (exact) mass is 220 g/mol. The van der Waals surface area contributed by atoms with Crippen LogP contribution in [0.5, 0.6) is 0 Å². The summed E-state index contributed by atoms with van der Waals surface area (Å²) in [5, 5.41) is 0. The zero-order valence-corrected chi connectivity index (χ0v) is 10.3. The zero-order valence-electron chi connectivity index (χ0n) is 9.49. The standard InChI is InChI=1S/C14H20S/c1-12-7-9-13(10-8-12)11-15-14-5-3-2-4-6-14/h2-6,12-13H,7-11H2,1H3. The molecule has 1 aromatic carbocycles. The Morgan fingerprint density at radius 3 is 2.40 bits per heavy atom. The van der Waals surface area contributed by atoms with Gasteiger partial charge in [0.25, 0.3) is 0 Å². The van der Waals surface area contributed by atoms with Gasteiger partial charge in [0.05, 0.1) is 0 Å². The van der Waals surface area contributed by atoms with E-state index in [9.17, 15) is 0 Å². The molecule has 1 aromatic rings. The fourth-order valence-electron chi connectivity index (χ4n) is 2.23. The Bertz CT molecular complexity index is 273. The van der Waals surface area contributed by atoms with Crippen molar-refractivity contribution in [3.05, 3.63) is 30.3 Å². The van der Waals surface area contributed by atoms with Crippen LogP contribution in [0.2, 0.25) is 0 Å². The lowest BCUT2D eigenvalue weighted by atomic mass is 9.84. The van der Waals surface area contributed by atoms with Crippen molar-refractivity contribution in [2.24, 2.45) is 11.8 Å². The van der Waals surface area contributed by atoms with Gasteiger partial charge in [-0.2, -0.15) is 0 Å². The molecule has 0 spiro atoms. The van der Waals surface area contributed by atoms with E-state index in [1.807, 2.05) is 11.8 Å². The molecule has 0 nitrogen and oxygen atoms in total. The highest BCUT2D eigenvalue weighted by Crippen LogP contribution is 2.32. The molecule has 1 heteroatoms. The van der Waals surface area contributed by atoms with Gasteiger partial charge in [0.15, 0.2) is 0 Å². The number of benzene rings is 1. The highest BCUT2D eigenvalue weighted by atomic mass is 32.2. The van der Waals surface area contributed by atoms with Crippen LogP contribution in [-0.2, 0) is 0 Å². The fourth-order valence-corrected chi connectivity index (χ4v) is 3.34. The molecule has 1 aliphatic carbocycles. The van der Waals surface area contributed by atoms with Gasteiger partial charge in [-0.25, -0.2) is 0 Å². The molecule has 0 bridgehead atoms. The molecule has 2 rings (SSSR count). The van der Waals surface area contributed by atoms with Crippen LogP contribution in [0.3, 0.4) is 0 Å². The van der Waals surface area contributed by atoms with Crippen LogP contribution >= 0.6 is 11.8 Å². The smallest absolute Gasteiger partial charge is 0.00720 e. The summed E-state index contributed by atoms with van der Waals surface area (Å²) in [4.78, 5) is 1.43.